The van der Waals surface area contributed by atoms with Crippen molar-refractivity contribution in [1.29, 1.82) is 0 Å². The maximum atomic E-state index is 11.4. The third kappa shape index (κ3) is 3.65. The van der Waals surface area contributed by atoms with Gasteiger partial charge in [-0.05, 0) is 0 Å². The average Bonchev–Trinajstić information content (AvgIpc) is 2.98. The highest BCUT2D eigenvalue weighted by Crippen LogP contribution is 1.94. The van der Waals surface area contributed by atoms with Gasteiger partial charge < -0.3 is 4.74 Å². The van der Waals surface area contributed by atoms with Crippen molar-refractivity contribution in [2.45, 2.75) is 19.4 Å². The number of aromatic amines is 1. The number of nitrogens with zero attached hydrogens (tertiary/aromatic N) is 5. The first-order valence-electron chi connectivity index (χ1n) is 5.63. The first-order valence-corrected chi connectivity index (χ1v) is 5.63. The van der Waals surface area contributed by atoms with E-state index >= 15 is 0 Å². The van der Waals surface area contributed by atoms with Gasteiger partial charge in [-0.1, -0.05) is 5.21 Å². The molecule has 0 amide bonds. The number of hydrogen-bond donors (Lipinski definition) is 1. The minimum atomic E-state index is -0.227. The number of tetrazole rings is 1. The number of aryl methyl sites for hydroxylation is 2. The summed E-state index contributed by atoms with van der Waals surface area (Å²) in [7, 11) is 1.93. The molecule has 2 heterocycles. The van der Waals surface area contributed by atoms with Crippen molar-refractivity contribution in [1.82, 2.24) is 25.2 Å². The molecular weight excluding hydrogens is 236 g/mol. The molecule has 0 aliphatic carbocycles. The topological polar surface area (TPSA) is 89.6 Å². The molecular formula is C10H15N6O2+. The second-order valence-electron chi connectivity index (χ2n) is 3.87. The molecule has 96 valence electrons. The van der Waals surface area contributed by atoms with Gasteiger partial charge in [-0.3, -0.25) is 4.79 Å². The molecule has 2 aromatic heterocycles. The van der Waals surface area contributed by atoms with Gasteiger partial charge in [-0.2, -0.15) is 5.21 Å². The molecule has 18 heavy (non-hydrogen) atoms. The summed E-state index contributed by atoms with van der Waals surface area (Å²) >= 11 is 0. The summed E-state index contributed by atoms with van der Waals surface area (Å²) < 4.78 is 8.91. The fraction of sp³-hybridized carbons (Fsp3) is 0.500. The van der Waals surface area contributed by atoms with Crippen molar-refractivity contribution in [2.24, 2.45) is 7.05 Å². The lowest BCUT2D eigenvalue weighted by atomic mass is 10.4. The number of H-pyrrole nitrogens is 1. The lowest BCUT2D eigenvalue weighted by Gasteiger charge is -2.01. The highest BCUT2D eigenvalue weighted by Gasteiger charge is 2.07. The number of imidazole rings is 1. The molecule has 8 heteroatoms. The van der Waals surface area contributed by atoms with Gasteiger partial charge in [0.1, 0.15) is 18.9 Å². The Kier molecular flexibility index (Phi) is 4.00. The van der Waals surface area contributed by atoms with Crippen molar-refractivity contribution >= 4 is 5.97 Å². The van der Waals surface area contributed by atoms with Crippen LogP contribution in [-0.2, 0) is 29.5 Å². The van der Waals surface area contributed by atoms with Crippen LogP contribution in [-0.4, -0.2) is 37.8 Å². The van der Waals surface area contributed by atoms with E-state index < -0.39 is 0 Å². The molecule has 0 saturated carbocycles. The number of rotatable bonds is 6. The number of nitrogens with one attached hydrogen (secondary N) is 1. The van der Waals surface area contributed by atoms with E-state index in [2.05, 4.69) is 20.6 Å². The summed E-state index contributed by atoms with van der Waals surface area (Å²) in [5, 5.41) is 13.3. The summed E-state index contributed by atoms with van der Waals surface area (Å²) in [5.74, 6) is 0.315. The Bertz CT molecular complexity index is 492. The Morgan fingerprint density at radius 1 is 1.61 bits per heavy atom. The highest BCUT2D eigenvalue weighted by molar-refractivity contribution is 5.69. The quantitative estimate of drug-likeness (QED) is 0.525. The molecule has 0 atom stereocenters. The lowest BCUT2D eigenvalue weighted by Crippen LogP contribution is -2.24. The van der Waals surface area contributed by atoms with Crippen LogP contribution in [0.25, 0.3) is 0 Å². The number of aromatic nitrogens is 6. The molecule has 0 aromatic carbocycles. The summed E-state index contributed by atoms with van der Waals surface area (Å²) in [5.41, 5.74) is 0. The molecule has 0 bridgehead atoms. The van der Waals surface area contributed by atoms with Crippen LogP contribution in [0.2, 0.25) is 0 Å². The molecule has 0 saturated heterocycles. The van der Waals surface area contributed by atoms with Gasteiger partial charge in [0.2, 0.25) is 6.33 Å². The molecule has 8 nitrogen and oxygen atoms in total. The van der Waals surface area contributed by atoms with Gasteiger partial charge >= 0.3 is 5.97 Å². The Labute approximate surface area is 104 Å². The summed E-state index contributed by atoms with van der Waals surface area (Å²) in [6, 6.07) is 0. The molecule has 0 spiro atoms. The lowest BCUT2D eigenvalue weighted by molar-refractivity contribution is -0.671. The zero-order valence-corrected chi connectivity index (χ0v) is 10.1. The van der Waals surface area contributed by atoms with Crippen LogP contribution in [0.5, 0.6) is 0 Å². The maximum absolute atomic E-state index is 11.4. The maximum Gasteiger partial charge on any atom is 0.309 e. The van der Waals surface area contributed by atoms with E-state index in [1.807, 2.05) is 34.9 Å². The van der Waals surface area contributed by atoms with E-state index in [0.717, 1.165) is 0 Å². The van der Waals surface area contributed by atoms with Gasteiger partial charge in [-0.15, -0.1) is 10.2 Å². The number of ether oxygens (including phenoxy) is 1. The third-order valence-electron chi connectivity index (χ3n) is 2.38. The zero-order valence-electron chi connectivity index (χ0n) is 10.1. The first kappa shape index (κ1) is 12.2. The van der Waals surface area contributed by atoms with Crippen LogP contribution < -0.4 is 4.57 Å². The standard InChI is InChI=1S/C10H15N6O2/c1-15-5-6-16(8-15)4-2-10(17)18-7-3-9-11-13-14-12-9/h5-6,8H,2-4,7H2,1H3,(H,11,12,13,14)/q+1. The monoisotopic (exact) mass is 251 g/mol. The van der Waals surface area contributed by atoms with Crippen LogP contribution in [0.4, 0.5) is 0 Å². The molecule has 2 rings (SSSR count). The average molecular weight is 251 g/mol. The first-order chi connectivity index (χ1) is 8.74. The van der Waals surface area contributed by atoms with Crippen LogP contribution in [0.3, 0.4) is 0 Å². The van der Waals surface area contributed by atoms with Crippen molar-refractivity contribution in [3.63, 3.8) is 0 Å². The summed E-state index contributed by atoms with van der Waals surface area (Å²) in [4.78, 5) is 11.4. The van der Waals surface area contributed by atoms with Crippen molar-refractivity contribution in [3.8, 4) is 0 Å². The fourth-order valence-electron chi connectivity index (χ4n) is 1.47. The van der Waals surface area contributed by atoms with Crippen LogP contribution in [0, 0.1) is 0 Å². The number of carbonyl (C=O) groups is 1. The Morgan fingerprint density at radius 3 is 3.17 bits per heavy atom. The minimum absolute atomic E-state index is 0.227. The van der Waals surface area contributed by atoms with E-state index in [0.29, 0.717) is 25.2 Å². The van der Waals surface area contributed by atoms with Crippen LogP contribution in [0.15, 0.2) is 18.7 Å². The minimum Gasteiger partial charge on any atom is -0.465 e. The van der Waals surface area contributed by atoms with E-state index in [1.165, 1.54) is 0 Å². The van der Waals surface area contributed by atoms with E-state index in [1.54, 1.807) is 0 Å². The van der Waals surface area contributed by atoms with Crippen molar-refractivity contribution in [3.05, 3.63) is 24.5 Å². The number of esters is 1. The van der Waals surface area contributed by atoms with Gasteiger partial charge in [0.15, 0.2) is 5.82 Å². The van der Waals surface area contributed by atoms with E-state index in [9.17, 15) is 4.79 Å². The highest BCUT2D eigenvalue weighted by atomic mass is 16.5. The van der Waals surface area contributed by atoms with Gasteiger partial charge in [0.05, 0.1) is 20.1 Å². The molecule has 0 aliphatic heterocycles. The molecule has 1 N–H and O–H groups in total. The van der Waals surface area contributed by atoms with Crippen molar-refractivity contribution in [2.75, 3.05) is 6.61 Å². The van der Waals surface area contributed by atoms with Crippen LogP contribution >= 0.6 is 0 Å². The molecule has 2 aromatic rings. The second-order valence-corrected chi connectivity index (χ2v) is 3.87. The van der Waals surface area contributed by atoms with Gasteiger partial charge in [-0.25, -0.2) is 9.13 Å². The number of carbonyl (C=O) groups excluding carboxylic acids is 1. The largest absolute Gasteiger partial charge is 0.465 e. The fourth-order valence-corrected chi connectivity index (χ4v) is 1.47. The predicted molar refractivity (Wildman–Crippen MR) is 59.1 cm³/mol. The Morgan fingerprint density at radius 2 is 2.50 bits per heavy atom. The Balaban J connectivity index is 1.63. The zero-order chi connectivity index (χ0) is 12.8. The normalized spacial score (nSPS) is 10.5. The van der Waals surface area contributed by atoms with E-state index in [-0.39, 0.29) is 12.6 Å². The smallest absolute Gasteiger partial charge is 0.309 e. The number of hydrogen-bond acceptors (Lipinski definition) is 5. The predicted octanol–water partition coefficient (Wildman–Crippen LogP) is -0.998. The van der Waals surface area contributed by atoms with Crippen LogP contribution in [0.1, 0.15) is 12.2 Å². The summed E-state index contributed by atoms with van der Waals surface area (Å²) in [6.07, 6.45) is 6.56. The molecule has 0 aliphatic rings. The SMILES string of the molecule is C[n+]1ccn(CCC(=O)OCCc2nn[nH]n2)c1. The third-order valence-corrected chi connectivity index (χ3v) is 2.38. The summed E-state index contributed by atoms with van der Waals surface area (Å²) in [6.45, 7) is 0.889. The second kappa shape index (κ2) is 5.89. The Hall–Kier alpha value is -2.25. The van der Waals surface area contributed by atoms with Crippen molar-refractivity contribution < 1.29 is 14.1 Å². The van der Waals surface area contributed by atoms with Gasteiger partial charge in [0.25, 0.3) is 0 Å². The molecule has 0 radical (unpaired) electrons. The van der Waals surface area contributed by atoms with Gasteiger partial charge in [0, 0.05) is 6.42 Å². The molecule has 0 unspecified atom stereocenters. The molecule has 0 fully saturated rings. The van der Waals surface area contributed by atoms with E-state index in [4.69, 9.17) is 4.74 Å².